The normalized spacial score (nSPS) is 15.1. The first-order valence-electron chi connectivity index (χ1n) is 8.19. The second-order valence-electron chi connectivity index (χ2n) is 6.17. The van der Waals surface area contributed by atoms with Crippen molar-refractivity contribution in [3.63, 3.8) is 0 Å². The Morgan fingerprint density at radius 1 is 1.28 bits per heavy atom. The van der Waals surface area contributed by atoms with Crippen LogP contribution in [0.1, 0.15) is 37.1 Å². The molecule has 0 bridgehead atoms. The van der Waals surface area contributed by atoms with Crippen molar-refractivity contribution in [1.82, 2.24) is 19.5 Å². The Hall–Kier alpha value is -2.35. The quantitative estimate of drug-likeness (QED) is 0.788. The van der Waals surface area contributed by atoms with Gasteiger partial charge in [-0.2, -0.15) is 5.10 Å². The lowest BCUT2D eigenvalue weighted by Crippen LogP contribution is -2.31. The fourth-order valence-electron chi connectivity index (χ4n) is 2.88. The number of nitrogens with one attached hydrogen (secondary N) is 1. The first kappa shape index (κ1) is 17.5. The Kier molecular flexibility index (Phi) is 4.80. The summed E-state index contributed by atoms with van der Waals surface area (Å²) in [6, 6.07) is 0. The summed E-state index contributed by atoms with van der Waals surface area (Å²) in [5.41, 5.74) is 0.938. The van der Waals surface area contributed by atoms with E-state index in [2.05, 4.69) is 15.1 Å². The van der Waals surface area contributed by atoms with Crippen LogP contribution >= 0.6 is 11.6 Å². The van der Waals surface area contributed by atoms with E-state index in [1.807, 2.05) is 0 Å². The molecule has 0 aromatic carbocycles. The molecule has 25 heavy (non-hydrogen) atoms. The summed E-state index contributed by atoms with van der Waals surface area (Å²) in [6.07, 6.45) is 3.09. The second kappa shape index (κ2) is 6.87. The highest BCUT2D eigenvalue weighted by Gasteiger charge is 2.19. The summed E-state index contributed by atoms with van der Waals surface area (Å²) in [4.78, 5) is 31.2. The summed E-state index contributed by atoms with van der Waals surface area (Å²) in [6.45, 7) is 2.09. The first-order valence-corrected chi connectivity index (χ1v) is 8.56. The third-order valence-electron chi connectivity index (χ3n) is 4.36. The number of hydrogen-bond acceptors (Lipinski definition) is 5. The van der Waals surface area contributed by atoms with E-state index < -0.39 is 0 Å². The molecule has 0 spiro atoms. The summed E-state index contributed by atoms with van der Waals surface area (Å²) >= 11 is 5.88. The smallest absolute Gasteiger partial charge is 0.258 e. The predicted octanol–water partition coefficient (Wildman–Crippen LogP) is 1.77. The van der Waals surface area contributed by atoms with Crippen LogP contribution in [0, 0.1) is 6.92 Å². The molecular weight excluding hydrogens is 346 g/mol. The molecule has 0 saturated heterocycles. The topological polar surface area (TPSA) is 104 Å². The molecule has 2 aromatic rings. The first-order chi connectivity index (χ1) is 11.9. The van der Waals surface area contributed by atoms with Crippen LogP contribution < -0.4 is 5.56 Å². The summed E-state index contributed by atoms with van der Waals surface area (Å²) in [5.74, 6) is 0.626. The molecule has 0 saturated carbocycles. The Labute approximate surface area is 149 Å². The number of halogens is 1. The number of carbonyl (C=O) groups excluding carboxylic acids is 1. The minimum Gasteiger partial charge on any atom is -0.505 e. The highest BCUT2D eigenvalue weighted by molar-refractivity contribution is 6.65. The number of nitrogens with zero attached hydrogens (tertiary/aromatic N) is 4. The summed E-state index contributed by atoms with van der Waals surface area (Å²) in [5, 5.41) is 16.1. The Bertz CT molecular complexity index is 915. The lowest BCUT2D eigenvalue weighted by atomic mass is 10.2. The fraction of sp³-hybridized carbons (Fsp3) is 0.500. The van der Waals surface area contributed by atoms with Crippen molar-refractivity contribution in [2.24, 2.45) is 12.1 Å². The molecule has 8 nitrogen and oxygen atoms in total. The van der Waals surface area contributed by atoms with Gasteiger partial charge in [-0.25, -0.2) is 9.99 Å². The van der Waals surface area contributed by atoms with Crippen LogP contribution in [0.2, 0.25) is 0 Å². The van der Waals surface area contributed by atoms with Gasteiger partial charge in [0.2, 0.25) is 5.91 Å². The zero-order chi connectivity index (χ0) is 18.1. The van der Waals surface area contributed by atoms with Crippen molar-refractivity contribution in [1.29, 1.82) is 0 Å². The third-order valence-corrected chi connectivity index (χ3v) is 4.63. The maximum Gasteiger partial charge on any atom is 0.258 e. The number of H-pyrrole nitrogens is 1. The van der Waals surface area contributed by atoms with E-state index in [1.165, 1.54) is 9.58 Å². The number of aromatic amines is 1. The highest BCUT2D eigenvalue weighted by Crippen LogP contribution is 2.23. The number of aromatic nitrogens is 3. The van der Waals surface area contributed by atoms with Gasteiger partial charge in [-0.1, -0.05) is 11.6 Å². The number of hydrazone groups is 1. The Balaban J connectivity index is 1.65. The maximum atomic E-state index is 12.0. The molecule has 0 aliphatic carbocycles. The minimum absolute atomic E-state index is 0.0106. The number of hydrogen-bond donors (Lipinski definition) is 2. The van der Waals surface area contributed by atoms with Crippen LogP contribution in [0.5, 0.6) is 5.75 Å². The second-order valence-corrected chi connectivity index (χ2v) is 6.61. The van der Waals surface area contributed by atoms with Gasteiger partial charge in [0.05, 0.1) is 5.56 Å². The van der Waals surface area contributed by atoms with E-state index in [1.54, 1.807) is 14.0 Å². The molecule has 2 aromatic heterocycles. The van der Waals surface area contributed by atoms with Crippen LogP contribution in [0.15, 0.2) is 9.90 Å². The van der Waals surface area contributed by atoms with E-state index in [-0.39, 0.29) is 17.2 Å². The molecular formula is C16H20ClN5O3. The van der Waals surface area contributed by atoms with E-state index in [0.29, 0.717) is 53.5 Å². The van der Waals surface area contributed by atoms with E-state index in [0.717, 1.165) is 12.8 Å². The van der Waals surface area contributed by atoms with Crippen molar-refractivity contribution >= 4 is 33.8 Å². The standard InChI is InChI=1S/C16H20ClN5O3/c1-9-14(24)13-15(21(2)16(9)25)19-11(18-13)5-3-4-8-22-12(23)7-6-10(17)20-22/h24H,3-8H2,1-2H3,(H,18,19). The third kappa shape index (κ3) is 3.39. The summed E-state index contributed by atoms with van der Waals surface area (Å²) in [7, 11) is 1.63. The molecule has 9 heteroatoms. The molecule has 3 heterocycles. The molecule has 0 radical (unpaired) electrons. The molecule has 0 unspecified atom stereocenters. The number of amides is 1. The number of pyridine rings is 1. The molecule has 2 N–H and O–H groups in total. The van der Waals surface area contributed by atoms with Crippen LogP contribution in [-0.2, 0) is 18.3 Å². The number of fused-ring (bicyclic) bond motifs is 1. The molecule has 3 rings (SSSR count). The van der Waals surface area contributed by atoms with Crippen molar-refractivity contribution in [2.45, 2.75) is 39.0 Å². The zero-order valence-corrected chi connectivity index (χ0v) is 14.9. The lowest BCUT2D eigenvalue weighted by molar-refractivity contribution is -0.131. The van der Waals surface area contributed by atoms with Crippen LogP contribution in [0.3, 0.4) is 0 Å². The van der Waals surface area contributed by atoms with Gasteiger partial charge in [0.1, 0.15) is 16.5 Å². The van der Waals surface area contributed by atoms with E-state index >= 15 is 0 Å². The number of rotatable bonds is 5. The highest BCUT2D eigenvalue weighted by atomic mass is 35.5. The number of aromatic hydroxyl groups is 1. The SMILES string of the molecule is Cc1c(O)c2[nH]c(CCCCN3N=C(Cl)CCC3=O)nc2n(C)c1=O. The van der Waals surface area contributed by atoms with Crippen LogP contribution in [0.25, 0.3) is 11.2 Å². The van der Waals surface area contributed by atoms with Crippen LogP contribution in [-0.4, -0.2) is 42.3 Å². The number of imidazole rings is 1. The monoisotopic (exact) mass is 365 g/mol. The average Bonchev–Trinajstić information content (AvgIpc) is 3.02. The predicted molar refractivity (Wildman–Crippen MR) is 94.9 cm³/mol. The van der Waals surface area contributed by atoms with Gasteiger partial charge in [0, 0.05) is 32.9 Å². The average molecular weight is 366 g/mol. The number of carbonyl (C=O) groups is 1. The molecule has 1 aliphatic rings. The molecule has 1 aliphatic heterocycles. The largest absolute Gasteiger partial charge is 0.505 e. The molecule has 134 valence electrons. The maximum absolute atomic E-state index is 12.0. The van der Waals surface area contributed by atoms with Gasteiger partial charge in [-0.15, -0.1) is 0 Å². The van der Waals surface area contributed by atoms with Crippen molar-refractivity contribution < 1.29 is 9.90 Å². The van der Waals surface area contributed by atoms with E-state index in [4.69, 9.17) is 11.6 Å². The van der Waals surface area contributed by atoms with Gasteiger partial charge < -0.3 is 10.1 Å². The Morgan fingerprint density at radius 3 is 2.80 bits per heavy atom. The molecule has 0 fully saturated rings. The van der Waals surface area contributed by atoms with Gasteiger partial charge in [0.15, 0.2) is 11.4 Å². The van der Waals surface area contributed by atoms with Gasteiger partial charge >= 0.3 is 0 Å². The van der Waals surface area contributed by atoms with Crippen molar-refractivity contribution in [3.05, 3.63) is 21.7 Å². The number of unbranched alkanes of at least 4 members (excludes halogenated alkanes) is 1. The number of aryl methyl sites for hydroxylation is 2. The van der Waals surface area contributed by atoms with Gasteiger partial charge in [-0.05, 0) is 19.8 Å². The summed E-state index contributed by atoms with van der Waals surface area (Å²) < 4.78 is 1.42. The van der Waals surface area contributed by atoms with Crippen molar-refractivity contribution in [2.75, 3.05) is 6.54 Å². The zero-order valence-electron chi connectivity index (χ0n) is 14.2. The fourth-order valence-corrected chi connectivity index (χ4v) is 3.06. The lowest BCUT2D eigenvalue weighted by Gasteiger charge is -2.21. The van der Waals surface area contributed by atoms with Crippen LogP contribution in [0.4, 0.5) is 0 Å². The van der Waals surface area contributed by atoms with Crippen molar-refractivity contribution in [3.8, 4) is 5.75 Å². The molecule has 1 amide bonds. The van der Waals surface area contributed by atoms with Gasteiger partial charge in [0.25, 0.3) is 5.56 Å². The van der Waals surface area contributed by atoms with E-state index in [9.17, 15) is 14.7 Å². The van der Waals surface area contributed by atoms with Gasteiger partial charge in [-0.3, -0.25) is 14.2 Å². The molecule has 0 atom stereocenters. The minimum atomic E-state index is -0.263. The Morgan fingerprint density at radius 2 is 2.04 bits per heavy atom.